The molecule has 2 unspecified atom stereocenters. The van der Waals surface area contributed by atoms with E-state index in [4.69, 9.17) is 9.84 Å². The second-order valence-corrected chi connectivity index (χ2v) is 6.33. The van der Waals surface area contributed by atoms with Crippen LogP contribution in [-0.4, -0.2) is 24.2 Å². The Morgan fingerprint density at radius 1 is 0.952 bits per heavy atom. The molecular formula is C17H30O4. The van der Waals surface area contributed by atoms with Gasteiger partial charge in [-0.25, -0.2) is 0 Å². The van der Waals surface area contributed by atoms with Crippen molar-refractivity contribution in [1.82, 2.24) is 0 Å². The third-order valence-corrected chi connectivity index (χ3v) is 4.02. The number of aliphatic carboxylic acids is 1. The Hall–Kier alpha value is -1.32. The summed E-state index contributed by atoms with van der Waals surface area (Å²) in [6.45, 7) is 8.30. The highest BCUT2D eigenvalue weighted by Gasteiger charge is 2.18. The molecule has 0 aliphatic heterocycles. The van der Waals surface area contributed by atoms with E-state index < -0.39 is 5.97 Å². The standard InChI is InChI=1S/C17H30O4/c1-12(2)14(10-16(18)19)8-6-7-9-15(13(3)4)11-17(20)21-5/h6-7,12-15H,8-11H2,1-5H3,(H,18,19)/b7-6+. The van der Waals surface area contributed by atoms with Crippen molar-refractivity contribution >= 4 is 11.9 Å². The Bertz CT molecular complexity index is 345. The summed E-state index contributed by atoms with van der Waals surface area (Å²) in [7, 11) is 1.41. The lowest BCUT2D eigenvalue weighted by Crippen LogP contribution is -2.15. The largest absolute Gasteiger partial charge is 0.481 e. The lowest BCUT2D eigenvalue weighted by atomic mass is 9.87. The van der Waals surface area contributed by atoms with E-state index in [1.165, 1.54) is 7.11 Å². The van der Waals surface area contributed by atoms with Crippen LogP contribution in [0, 0.1) is 23.7 Å². The van der Waals surface area contributed by atoms with Crippen molar-refractivity contribution in [2.45, 2.75) is 53.4 Å². The third-order valence-electron chi connectivity index (χ3n) is 4.02. The van der Waals surface area contributed by atoms with Gasteiger partial charge < -0.3 is 9.84 Å². The minimum absolute atomic E-state index is 0.164. The Balaban J connectivity index is 4.37. The van der Waals surface area contributed by atoms with E-state index in [0.29, 0.717) is 18.3 Å². The summed E-state index contributed by atoms with van der Waals surface area (Å²) in [6.07, 6.45) is 6.36. The minimum atomic E-state index is -0.743. The van der Waals surface area contributed by atoms with Crippen molar-refractivity contribution in [1.29, 1.82) is 0 Å². The number of carboxylic acids is 1. The molecule has 0 saturated carbocycles. The molecule has 2 atom stereocenters. The van der Waals surface area contributed by atoms with Crippen LogP contribution in [0.1, 0.15) is 53.4 Å². The number of carboxylic acid groups (broad SMARTS) is 1. The van der Waals surface area contributed by atoms with Crippen LogP contribution in [0.15, 0.2) is 12.2 Å². The van der Waals surface area contributed by atoms with Crippen molar-refractivity contribution in [3.63, 3.8) is 0 Å². The van der Waals surface area contributed by atoms with Gasteiger partial charge in [-0.1, -0.05) is 39.8 Å². The molecular weight excluding hydrogens is 268 g/mol. The number of ether oxygens (including phenoxy) is 1. The van der Waals surface area contributed by atoms with Crippen LogP contribution >= 0.6 is 0 Å². The predicted molar refractivity (Wildman–Crippen MR) is 83.9 cm³/mol. The summed E-state index contributed by atoms with van der Waals surface area (Å²) in [5, 5.41) is 8.90. The highest BCUT2D eigenvalue weighted by Crippen LogP contribution is 2.23. The second-order valence-electron chi connectivity index (χ2n) is 6.33. The average Bonchev–Trinajstić information content (AvgIpc) is 2.39. The molecule has 0 spiro atoms. The highest BCUT2D eigenvalue weighted by atomic mass is 16.5. The number of methoxy groups -OCH3 is 1. The molecule has 0 saturated heterocycles. The summed E-state index contributed by atoms with van der Waals surface area (Å²) in [6, 6.07) is 0. The lowest BCUT2D eigenvalue weighted by molar-refractivity contribution is -0.142. The first kappa shape index (κ1) is 19.7. The molecule has 1 N–H and O–H groups in total. The Kier molecular flexibility index (Phi) is 9.76. The van der Waals surface area contributed by atoms with Gasteiger partial charge in [-0.05, 0) is 36.5 Å². The van der Waals surface area contributed by atoms with Gasteiger partial charge in [0.2, 0.25) is 0 Å². The van der Waals surface area contributed by atoms with Gasteiger partial charge in [0.25, 0.3) is 0 Å². The number of hydrogen-bond acceptors (Lipinski definition) is 3. The van der Waals surface area contributed by atoms with Crippen LogP contribution in [0.2, 0.25) is 0 Å². The summed E-state index contributed by atoms with van der Waals surface area (Å²) in [5.74, 6) is 0.277. The van der Waals surface area contributed by atoms with E-state index in [-0.39, 0.29) is 24.2 Å². The Labute approximate surface area is 128 Å². The van der Waals surface area contributed by atoms with E-state index in [2.05, 4.69) is 39.8 Å². The van der Waals surface area contributed by atoms with E-state index in [0.717, 1.165) is 12.8 Å². The fourth-order valence-electron chi connectivity index (χ4n) is 2.25. The first-order valence-electron chi connectivity index (χ1n) is 7.71. The van der Waals surface area contributed by atoms with Gasteiger partial charge in [0.1, 0.15) is 0 Å². The smallest absolute Gasteiger partial charge is 0.305 e. The Morgan fingerprint density at radius 3 is 1.71 bits per heavy atom. The molecule has 0 aromatic rings. The zero-order valence-electron chi connectivity index (χ0n) is 14.0. The highest BCUT2D eigenvalue weighted by molar-refractivity contribution is 5.69. The van der Waals surface area contributed by atoms with Gasteiger partial charge in [0, 0.05) is 12.8 Å². The van der Waals surface area contributed by atoms with Gasteiger partial charge in [0.05, 0.1) is 7.11 Å². The molecule has 0 radical (unpaired) electrons. The average molecular weight is 298 g/mol. The van der Waals surface area contributed by atoms with Crippen LogP contribution in [-0.2, 0) is 14.3 Å². The van der Waals surface area contributed by atoms with Crippen LogP contribution in [0.25, 0.3) is 0 Å². The quantitative estimate of drug-likeness (QED) is 0.490. The first-order chi connectivity index (χ1) is 9.77. The van der Waals surface area contributed by atoms with Crippen LogP contribution < -0.4 is 0 Å². The minimum Gasteiger partial charge on any atom is -0.481 e. The molecule has 21 heavy (non-hydrogen) atoms. The number of hydrogen-bond donors (Lipinski definition) is 1. The molecule has 0 fully saturated rings. The van der Waals surface area contributed by atoms with Gasteiger partial charge in [0.15, 0.2) is 0 Å². The zero-order chi connectivity index (χ0) is 16.4. The molecule has 122 valence electrons. The van der Waals surface area contributed by atoms with Gasteiger partial charge in [-0.3, -0.25) is 9.59 Å². The zero-order valence-corrected chi connectivity index (χ0v) is 14.0. The van der Waals surface area contributed by atoms with E-state index >= 15 is 0 Å². The molecule has 0 aliphatic rings. The summed E-state index contributed by atoms with van der Waals surface area (Å²) in [5.41, 5.74) is 0. The molecule has 0 aliphatic carbocycles. The molecule has 0 aromatic carbocycles. The van der Waals surface area contributed by atoms with Crippen molar-refractivity contribution in [3.8, 4) is 0 Å². The van der Waals surface area contributed by atoms with Gasteiger partial charge >= 0.3 is 11.9 Å². The number of esters is 1. The van der Waals surface area contributed by atoms with Crippen molar-refractivity contribution in [2.75, 3.05) is 7.11 Å². The molecule has 0 heterocycles. The fourth-order valence-corrected chi connectivity index (χ4v) is 2.25. The van der Waals surface area contributed by atoms with Crippen LogP contribution in [0.3, 0.4) is 0 Å². The van der Waals surface area contributed by atoms with E-state index in [1.807, 2.05) is 0 Å². The van der Waals surface area contributed by atoms with Crippen molar-refractivity contribution in [2.24, 2.45) is 23.7 Å². The van der Waals surface area contributed by atoms with Crippen LogP contribution in [0.5, 0.6) is 0 Å². The predicted octanol–water partition coefficient (Wildman–Crippen LogP) is 3.91. The van der Waals surface area contributed by atoms with E-state index in [1.54, 1.807) is 0 Å². The van der Waals surface area contributed by atoms with Gasteiger partial charge in [-0.2, -0.15) is 0 Å². The van der Waals surface area contributed by atoms with Crippen molar-refractivity contribution < 1.29 is 19.4 Å². The first-order valence-corrected chi connectivity index (χ1v) is 7.71. The maximum atomic E-state index is 11.4. The lowest BCUT2D eigenvalue weighted by Gasteiger charge is -2.19. The number of rotatable bonds is 10. The maximum Gasteiger partial charge on any atom is 0.305 e. The third kappa shape index (κ3) is 9.27. The summed E-state index contributed by atoms with van der Waals surface area (Å²) >= 11 is 0. The molecule has 0 aromatic heterocycles. The molecule has 0 bridgehead atoms. The SMILES string of the molecule is COC(=O)CC(C/C=C/CC(CC(=O)O)C(C)C)C(C)C. The normalized spacial score (nSPS) is 14.6. The number of carbonyl (C=O) groups is 2. The molecule has 0 rings (SSSR count). The number of allylic oxidation sites excluding steroid dienone is 2. The monoisotopic (exact) mass is 298 g/mol. The summed E-state index contributed by atoms with van der Waals surface area (Å²) < 4.78 is 4.72. The molecule has 4 nitrogen and oxygen atoms in total. The number of carbonyl (C=O) groups excluding carboxylic acids is 1. The second kappa shape index (κ2) is 10.4. The van der Waals surface area contributed by atoms with Crippen LogP contribution in [0.4, 0.5) is 0 Å². The van der Waals surface area contributed by atoms with Crippen molar-refractivity contribution in [3.05, 3.63) is 12.2 Å². The Morgan fingerprint density at radius 2 is 1.38 bits per heavy atom. The fraction of sp³-hybridized carbons (Fsp3) is 0.765. The summed E-state index contributed by atoms with van der Waals surface area (Å²) in [4.78, 5) is 22.2. The topological polar surface area (TPSA) is 63.6 Å². The maximum absolute atomic E-state index is 11.4. The molecule has 0 amide bonds. The molecule has 4 heteroatoms. The van der Waals surface area contributed by atoms with Gasteiger partial charge in [-0.15, -0.1) is 0 Å². The van der Waals surface area contributed by atoms with E-state index in [9.17, 15) is 9.59 Å².